The first-order chi connectivity index (χ1) is 9.10. The summed E-state index contributed by atoms with van der Waals surface area (Å²) >= 11 is 10.9. The molecule has 0 saturated carbocycles. The van der Waals surface area contributed by atoms with Crippen molar-refractivity contribution in [3.63, 3.8) is 0 Å². The lowest BCUT2D eigenvalue weighted by atomic mass is 10.1. The molecule has 3 N–H and O–H groups in total. The summed E-state index contributed by atoms with van der Waals surface area (Å²) in [6.45, 7) is 7.36. The van der Waals surface area contributed by atoms with E-state index in [0.29, 0.717) is 16.3 Å². The molecule has 110 valence electrons. The molecule has 0 bridgehead atoms. The summed E-state index contributed by atoms with van der Waals surface area (Å²) in [7, 11) is 0. The first kappa shape index (κ1) is 16.7. The van der Waals surface area contributed by atoms with Crippen molar-refractivity contribution in [3.05, 3.63) is 28.8 Å². The summed E-state index contributed by atoms with van der Waals surface area (Å²) in [6, 6.07) is 4.94. The van der Waals surface area contributed by atoms with Crippen molar-refractivity contribution >= 4 is 34.7 Å². The topological polar surface area (TPSA) is 64.3 Å². The molecule has 1 rings (SSSR count). The molecule has 1 atom stereocenters. The summed E-state index contributed by atoms with van der Waals surface area (Å²) in [4.78, 5) is 12.2. The molecule has 0 heterocycles. The van der Waals surface area contributed by atoms with Gasteiger partial charge in [-0.25, -0.2) is 0 Å². The summed E-state index contributed by atoms with van der Waals surface area (Å²) in [5, 5.41) is 3.33. The van der Waals surface area contributed by atoms with Crippen LogP contribution in [0.4, 0.5) is 0 Å². The summed E-state index contributed by atoms with van der Waals surface area (Å²) in [6.07, 6.45) is -0.680. The highest BCUT2D eigenvalue weighted by atomic mass is 35.5. The molecule has 0 aliphatic rings. The Morgan fingerprint density at radius 3 is 2.55 bits per heavy atom. The molecule has 0 spiro atoms. The van der Waals surface area contributed by atoms with Gasteiger partial charge in [-0.3, -0.25) is 4.79 Å². The minimum Gasteiger partial charge on any atom is -0.480 e. The van der Waals surface area contributed by atoms with E-state index in [4.69, 9.17) is 34.3 Å². The van der Waals surface area contributed by atoms with Gasteiger partial charge in [-0.1, -0.05) is 23.8 Å². The molecular formula is C14H19ClN2O2S. The molecule has 1 aromatic rings. The number of nitrogens with two attached hydrogens (primary N) is 1. The standard InChI is InChI=1S/C14H19ClN2O2S/c1-8(13(18)17-14(2,3)4)19-11-7-9(15)5-6-10(11)12(16)20/h5-8H,1-4H3,(H2,16,20)(H,17,18). The van der Waals surface area contributed by atoms with Crippen LogP contribution in [0.5, 0.6) is 5.75 Å². The number of hydrogen-bond donors (Lipinski definition) is 2. The molecule has 1 amide bonds. The van der Waals surface area contributed by atoms with Gasteiger partial charge in [0, 0.05) is 10.6 Å². The maximum Gasteiger partial charge on any atom is 0.261 e. The number of carbonyl (C=O) groups is 1. The summed E-state index contributed by atoms with van der Waals surface area (Å²) in [5.74, 6) is 0.188. The molecule has 0 aliphatic carbocycles. The van der Waals surface area contributed by atoms with Crippen LogP contribution in [-0.2, 0) is 4.79 Å². The molecule has 1 unspecified atom stereocenters. The first-order valence-corrected chi connectivity index (χ1v) is 6.97. The van der Waals surface area contributed by atoms with Gasteiger partial charge in [0.2, 0.25) is 0 Å². The van der Waals surface area contributed by atoms with Crippen LogP contribution in [-0.4, -0.2) is 22.5 Å². The number of carbonyl (C=O) groups excluding carboxylic acids is 1. The van der Waals surface area contributed by atoms with E-state index in [-0.39, 0.29) is 16.4 Å². The lowest BCUT2D eigenvalue weighted by Gasteiger charge is -2.24. The van der Waals surface area contributed by atoms with Crippen molar-refractivity contribution in [2.24, 2.45) is 5.73 Å². The van der Waals surface area contributed by atoms with Crippen molar-refractivity contribution in [2.75, 3.05) is 0 Å². The smallest absolute Gasteiger partial charge is 0.261 e. The predicted molar refractivity (Wildman–Crippen MR) is 85.3 cm³/mol. The zero-order valence-corrected chi connectivity index (χ0v) is 13.6. The third-order valence-electron chi connectivity index (χ3n) is 2.38. The maximum absolute atomic E-state index is 12.0. The molecule has 0 aliphatic heterocycles. The average Bonchev–Trinajstić information content (AvgIpc) is 2.26. The van der Waals surface area contributed by atoms with Crippen molar-refractivity contribution in [3.8, 4) is 5.75 Å². The first-order valence-electron chi connectivity index (χ1n) is 6.18. The van der Waals surface area contributed by atoms with Crippen LogP contribution in [0.1, 0.15) is 33.3 Å². The summed E-state index contributed by atoms with van der Waals surface area (Å²) < 4.78 is 5.63. The molecule has 6 heteroatoms. The Morgan fingerprint density at radius 2 is 2.05 bits per heavy atom. The van der Waals surface area contributed by atoms with Crippen molar-refractivity contribution in [1.29, 1.82) is 0 Å². The second kappa shape index (κ2) is 6.41. The van der Waals surface area contributed by atoms with Gasteiger partial charge in [0.25, 0.3) is 5.91 Å². The van der Waals surface area contributed by atoms with Gasteiger partial charge in [0.15, 0.2) is 6.10 Å². The van der Waals surface area contributed by atoms with Gasteiger partial charge in [0.1, 0.15) is 10.7 Å². The number of thiocarbonyl (C=S) groups is 1. The van der Waals surface area contributed by atoms with Crippen LogP contribution in [0.2, 0.25) is 5.02 Å². The normalized spacial score (nSPS) is 12.7. The van der Waals surface area contributed by atoms with E-state index in [1.54, 1.807) is 25.1 Å². The number of nitrogens with one attached hydrogen (secondary N) is 1. The quantitative estimate of drug-likeness (QED) is 0.839. The number of hydrogen-bond acceptors (Lipinski definition) is 3. The molecule has 0 fully saturated rings. The number of amides is 1. The maximum atomic E-state index is 12.0. The Balaban J connectivity index is 2.90. The second-order valence-electron chi connectivity index (χ2n) is 5.50. The molecule has 0 aromatic heterocycles. The Bertz CT molecular complexity index is 526. The van der Waals surface area contributed by atoms with E-state index in [9.17, 15) is 4.79 Å². The van der Waals surface area contributed by atoms with E-state index in [1.807, 2.05) is 20.8 Å². The van der Waals surface area contributed by atoms with E-state index in [1.165, 1.54) is 0 Å². The third kappa shape index (κ3) is 4.98. The highest BCUT2D eigenvalue weighted by molar-refractivity contribution is 7.80. The van der Waals surface area contributed by atoms with Gasteiger partial charge >= 0.3 is 0 Å². The number of ether oxygens (including phenoxy) is 1. The molecule has 0 radical (unpaired) electrons. The van der Waals surface area contributed by atoms with Crippen LogP contribution in [0.25, 0.3) is 0 Å². The average molecular weight is 315 g/mol. The molecule has 1 aromatic carbocycles. The van der Waals surface area contributed by atoms with Gasteiger partial charge in [-0.15, -0.1) is 0 Å². The Morgan fingerprint density at radius 1 is 1.45 bits per heavy atom. The van der Waals surface area contributed by atoms with Crippen LogP contribution in [0.3, 0.4) is 0 Å². The largest absolute Gasteiger partial charge is 0.480 e. The van der Waals surface area contributed by atoms with Crippen LogP contribution in [0, 0.1) is 0 Å². The van der Waals surface area contributed by atoms with Crippen LogP contribution >= 0.6 is 23.8 Å². The van der Waals surface area contributed by atoms with Crippen LogP contribution in [0.15, 0.2) is 18.2 Å². The monoisotopic (exact) mass is 314 g/mol. The Hall–Kier alpha value is -1.33. The molecule has 4 nitrogen and oxygen atoms in total. The van der Waals surface area contributed by atoms with Gasteiger partial charge in [-0.05, 0) is 45.9 Å². The van der Waals surface area contributed by atoms with Gasteiger partial charge in [-0.2, -0.15) is 0 Å². The zero-order chi connectivity index (χ0) is 15.5. The predicted octanol–water partition coefficient (Wildman–Crippen LogP) is 2.66. The van der Waals surface area contributed by atoms with E-state index < -0.39 is 6.10 Å². The lowest BCUT2D eigenvalue weighted by molar-refractivity contribution is -0.128. The van der Waals surface area contributed by atoms with E-state index in [0.717, 1.165) is 0 Å². The third-order valence-corrected chi connectivity index (χ3v) is 2.84. The lowest BCUT2D eigenvalue weighted by Crippen LogP contribution is -2.46. The molecule has 20 heavy (non-hydrogen) atoms. The van der Waals surface area contributed by atoms with Crippen molar-refractivity contribution in [1.82, 2.24) is 5.32 Å². The van der Waals surface area contributed by atoms with Gasteiger partial charge < -0.3 is 15.8 Å². The minimum atomic E-state index is -0.680. The van der Waals surface area contributed by atoms with Crippen LogP contribution < -0.4 is 15.8 Å². The van der Waals surface area contributed by atoms with E-state index in [2.05, 4.69) is 5.32 Å². The fourth-order valence-corrected chi connectivity index (χ4v) is 1.84. The fourth-order valence-electron chi connectivity index (χ4n) is 1.51. The SMILES string of the molecule is CC(Oc1cc(Cl)ccc1C(N)=S)C(=O)NC(C)(C)C. The minimum absolute atomic E-state index is 0.195. The van der Waals surface area contributed by atoms with Crippen molar-refractivity contribution < 1.29 is 9.53 Å². The zero-order valence-electron chi connectivity index (χ0n) is 12.0. The Labute approximate surface area is 129 Å². The highest BCUT2D eigenvalue weighted by Gasteiger charge is 2.21. The Kier molecular flexibility index (Phi) is 5.36. The number of rotatable bonds is 4. The molecule has 0 saturated heterocycles. The number of halogens is 1. The number of benzene rings is 1. The van der Waals surface area contributed by atoms with Crippen molar-refractivity contribution in [2.45, 2.75) is 39.3 Å². The molecular weight excluding hydrogens is 296 g/mol. The summed E-state index contributed by atoms with van der Waals surface area (Å²) in [5.41, 5.74) is 5.86. The van der Waals surface area contributed by atoms with Gasteiger partial charge in [0.05, 0.1) is 5.56 Å². The fraction of sp³-hybridized carbons (Fsp3) is 0.429. The van der Waals surface area contributed by atoms with E-state index >= 15 is 0 Å². The highest BCUT2D eigenvalue weighted by Crippen LogP contribution is 2.24. The second-order valence-corrected chi connectivity index (χ2v) is 6.38.